The third-order valence-electron chi connectivity index (χ3n) is 4.07. The maximum atomic E-state index is 13.0. The number of fused-ring (bicyclic) bond motifs is 1. The minimum Gasteiger partial charge on any atom is -0.349 e. The summed E-state index contributed by atoms with van der Waals surface area (Å²) in [5, 5.41) is 9.97. The highest BCUT2D eigenvalue weighted by Gasteiger charge is 2.32. The summed E-state index contributed by atoms with van der Waals surface area (Å²) in [6, 6.07) is 10.0. The first-order valence-electron chi connectivity index (χ1n) is 8.30. The summed E-state index contributed by atoms with van der Waals surface area (Å²) in [6.07, 6.45) is -3.68. The molecule has 148 valence electrons. The van der Waals surface area contributed by atoms with E-state index in [9.17, 15) is 18.0 Å². The van der Waals surface area contributed by atoms with Crippen molar-refractivity contribution in [1.29, 1.82) is 0 Å². The number of alkyl halides is 3. The molecule has 2 atom stereocenters. The van der Waals surface area contributed by atoms with Crippen molar-refractivity contribution in [1.82, 2.24) is 19.9 Å². The zero-order valence-electron chi connectivity index (χ0n) is 14.9. The van der Waals surface area contributed by atoms with Gasteiger partial charge in [-0.15, -0.1) is 10.2 Å². The lowest BCUT2D eigenvalue weighted by molar-refractivity contribution is -0.137. The summed E-state index contributed by atoms with van der Waals surface area (Å²) in [4.78, 5) is 12.5. The molecule has 10 heteroatoms. The van der Waals surface area contributed by atoms with E-state index >= 15 is 0 Å². The van der Waals surface area contributed by atoms with Gasteiger partial charge in [-0.1, -0.05) is 53.7 Å². The Labute approximate surface area is 168 Å². The summed E-state index contributed by atoms with van der Waals surface area (Å²) in [5.41, 5.74) is 0.131. The topological polar surface area (TPSA) is 59.3 Å². The summed E-state index contributed by atoms with van der Waals surface area (Å²) in [5.74, 6) is -0.267. The van der Waals surface area contributed by atoms with Gasteiger partial charge in [0.2, 0.25) is 5.91 Å². The van der Waals surface area contributed by atoms with E-state index in [4.69, 9.17) is 11.6 Å². The number of aromatic nitrogens is 3. The lowest BCUT2D eigenvalue weighted by atomic mass is 10.1. The van der Waals surface area contributed by atoms with Crippen LogP contribution in [0.3, 0.4) is 0 Å². The number of hydrogen-bond acceptors (Lipinski definition) is 4. The molecule has 0 bridgehead atoms. The maximum absolute atomic E-state index is 13.0. The van der Waals surface area contributed by atoms with Gasteiger partial charge in [0.05, 0.1) is 21.9 Å². The predicted molar refractivity (Wildman–Crippen MR) is 101 cm³/mol. The van der Waals surface area contributed by atoms with Crippen molar-refractivity contribution < 1.29 is 18.0 Å². The van der Waals surface area contributed by atoms with Crippen molar-refractivity contribution in [3.63, 3.8) is 0 Å². The summed E-state index contributed by atoms with van der Waals surface area (Å²) < 4.78 is 40.3. The second kappa shape index (κ2) is 8.00. The highest BCUT2D eigenvalue weighted by atomic mass is 35.5. The van der Waals surface area contributed by atoms with E-state index < -0.39 is 17.0 Å². The lowest BCUT2D eigenvalue weighted by Crippen LogP contribution is -2.33. The van der Waals surface area contributed by atoms with Crippen LogP contribution in [0.5, 0.6) is 0 Å². The van der Waals surface area contributed by atoms with Crippen LogP contribution >= 0.6 is 23.4 Å². The summed E-state index contributed by atoms with van der Waals surface area (Å²) in [7, 11) is 0. The largest absolute Gasteiger partial charge is 0.417 e. The quantitative estimate of drug-likeness (QED) is 0.595. The van der Waals surface area contributed by atoms with Gasteiger partial charge in [-0.05, 0) is 25.5 Å². The van der Waals surface area contributed by atoms with Gasteiger partial charge in [0.1, 0.15) is 0 Å². The van der Waals surface area contributed by atoms with Crippen LogP contribution in [-0.4, -0.2) is 25.8 Å². The average molecular weight is 429 g/mol. The van der Waals surface area contributed by atoms with E-state index in [2.05, 4.69) is 15.5 Å². The summed E-state index contributed by atoms with van der Waals surface area (Å²) in [6.45, 7) is 3.50. The normalized spacial score (nSPS) is 14.1. The Bertz CT molecular complexity index is 994. The monoisotopic (exact) mass is 428 g/mol. The summed E-state index contributed by atoms with van der Waals surface area (Å²) >= 11 is 6.91. The zero-order valence-corrected chi connectivity index (χ0v) is 16.4. The Morgan fingerprint density at radius 3 is 2.54 bits per heavy atom. The number of carbonyl (C=O) groups excluding carboxylic acids is 1. The van der Waals surface area contributed by atoms with Crippen LogP contribution in [0.15, 0.2) is 47.8 Å². The van der Waals surface area contributed by atoms with Crippen LogP contribution in [-0.2, 0) is 11.0 Å². The van der Waals surface area contributed by atoms with Crippen LogP contribution < -0.4 is 5.32 Å². The number of pyridine rings is 1. The Balaban J connectivity index is 1.78. The molecule has 0 aliphatic heterocycles. The van der Waals surface area contributed by atoms with Crippen LogP contribution in [0.2, 0.25) is 5.02 Å². The van der Waals surface area contributed by atoms with Gasteiger partial charge >= 0.3 is 6.18 Å². The van der Waals surface area contributed by atoms with Crippen LogP contribution in [0.4, 0.5) is 13.2 Å². The zero-order chi connectivity index (χ0) is 20.5. The first kappa shape index (κ1) is 20.5. The smallest absolute Gasteiger partial charge is 0.349 e. The van der Waals surface area contributed by atoms with E-state index in [1.165, 1.54) is 0 Å². The molecule has 5 nitrogen and oxygen atoms in total. The van der Waals surface area contributed by atoms with Gasteiger partial charge in [0.25, 0.3) is 0 Å². The van der Waals surface area contributed by atoms with Crippen molar-refractivity contribution in [2.75, 3.05) is 0 Å². The fourth-order valence-electron chi connectivity index (χ4n) is 2.54. The van der Waals surface area contributed by atoms with E-state index in [-0.39, 0.29) is 27.8 Å². The minimum absolute atomic E-state index is 0.0995. The maximum Gasteiger partial charge on any atom is 0.417 e. The molecule has 1 aromatic carbocycles. The molecule has 3 rings (SSSR count). The van der Waals surface area contributed by atoms with Crippen molar-refractivity contribution in [3.05, 3.63) is 58.7 Å². The fraction of sp³-hybridized carbons (Fsp3) is 0.278. The SMILES string of the molecule is CC(Sc1nnc2c(Cl)cc(C(F)(F)F)cn12)C(=O)NC(C)c1ccccc1. The highest BCUT2D eigenvalue weighted by molar-refractivity contribution is 8.00. The number of amides is 1. The molecule has 0 saturated carbocycles. The van der Waals surface area contributed by atoms with Gasteiger partial charge in [-0.2, -0.15) is 13.2 Å². The number of hydrogen-bond donors (Lipinski definition) is 1. The number of nitrogens with one attached hydrogen (secondary N) is 1. The number of halogens is 4. The molecule has 0 radical (unpaired) electrons. The van der Waals surface area contributed by atoms with Crippen molar-refractivity contribution >= 4 is 34.9 Å². The number of rotatable bonds is 5. The highest BCUT2D eigenvalue weighted by Crippen LogP contribution is 2.33. The minimum atomic E-state index is -4.56. The van der Waals surface area contributed by atoms with Gasteiger partial charge < -0.3 is 5.32 Å². The third kappa shape index (κ3) is 4.41. The first-order valence-corrected chi connectivity index (χ1v) is 9.56. The molecule has 2 aromatic heterocycles. The first-order chi connectivity index (χ1) is 13.2. The standard InChI is InChI=1S/C18H16ClF3N4OS/c1-10(12-6-4-3-5-7-12)23-16(27)11(2)28-17-25-24-15-14(19)8-13(9-26(15)17)18(20,21)22/h3-11H,1-2H3,(H,23,27). The van der Waals surface area contributed by atoms with Crippen LogP contribution in [0.25, 0.3) is 5.65 Å². The molecule has 2 unspecified atom stereocenters. The van der Waals surface area contributed by atoms with Crippen molar-refractivity contribution in [3.8, 4) is 0 Å². The van der Waals surface area contributed by atoms with E-state index in [1.54, 1.807) is 6.92 Å². The predicted octanol–water partition coefficient (Wildman–Crippen LogP) is 4.76. The Morgan fingerprint density at radius 2 is 1.89 bits per heavy atom. The number of benzene rings is 1. The molecule has 0 spiro atoms. The van der Waals surface area contributed by atoms with E-state index in [1.807, 2.05) is 37.3 Å². The Morgan fingerprint density at radius 1 is 1.21 bits per heavy atom. The van der Waals surface area contributed by atoms with Gasteiger partial charge in [0, 0.05) is 6.20 Å². The number of thioether (sulfide) groups is 1. The molecule has 28 heavy (non-hydrogen) atoms. The van der Waals surface area contributed by atoms with Crippen molar-refractivity contribution in [2.45, 2.75) is 36.5 Å². The van der Waals surface area contributed by atoms with Crippen molar-refractivity contribution in [2.24, 2.45) is 0 Å². The van der Waals surface area contributed by atoms with E-state index in [0.717, 1.165) is 34.0 Å². The molecule has 0 saturated heterocycles. The lowest BCUT2D eigenvalue weighted by Gasteiger charge is -2.17. The molecule has 0 aliphatic rings. The Kier molecular flexibility index (Phi) is 5.85. The number of carbonyl (C=O) groups is 1. The van der Waals surface area contributed by atoms with Gasteiger partial charge in [-0.25, -0.2) is 0 Å². The molecular weight excluding hydrogens is 413 g/mol. The van der Waals surface area contributed by atoms with Crippen LogP contribution in [0, 0.1) is 0 Å². The fourth-order valence-corrected chi connectivity index (χ4v) is 3.61. The molecule has 0 aliphatic carbocycles. The second-order valence-electron chi connectivity index (χ2n) is 6.15. The Hall–Kier alpha value is -2.26. The average Bonchev–Trinajstić information content (AvgIpc) is 3.05. The molecule has 3 aromatic rings. The molecule has 2 heterocycles. The van der Waals surface area contributed by atoms with Gasteiger partial charge in [0.15, 0.2) is 10.8 Å². The van der Waals surface area contributed by atoms with Gasteiger partial charge in [-0.3, -0.25) is 9.20 Å². The molecular formula is C18H16ClF3N4OS. The van der Waals surface area contributed by atoms with Crippen LogP contribution in [0.1, 0.15) is 31.0 Å². The number of nitrogens with zero attached hydrogens (tertiary/aromatic N) is 3. The van der Waals surface area contributed by atoms with E-state index in [0.29, 0.717) is 0 Å². The molecule has 1 N–H and O–H groups in total. The molecule has 0 fully saturated rings. The molecule has 1 amide bonds. The second-order valence-corrected chi connectivity index (χ2v) is 7.87. The third-order valence-corrected chi connectivity index (χ3v) is 5.40.